The number of carbonyl (C=O) groups excluding carboxylic acids is 1. The van der Waals surface area contributed by atoms with Crippen LogP contribution in [0.4, 0.5) is 0 Å². The summed E-state index contributed by atoms with van der Waals surface area (Å²) >= 11 is 5.94. The third-order valence-corrected chi connectivity index (χ3v) is 7.28. The number of phenolic OH excluding ortho intramolecular Hbond substituents is 1. The number of halogens is 1. The summed E-state index contributed by atoms with van der Waals surface area (Å²) in [6.45, 7) is 4.68. The first kappa shape index (κ1) is 22.3. The van der Waals surface area contributed by atoms with E-state index < -0.39 is 15.9 Å². The Labute approximate surface area is 181 Å². The van der Waals surface area contributed by atoms with E-state index in [4.69, 9.17) is 11.6 Å². The predicted molar refractivity (Wildman–Crippen MR) is 116 cm³/mol. The number of benzene rings is 2. The number of piperidine rings is 1. The van der Waals surface area contributed by atoms with Gasteiger partial charge in [-0.15, -0.1) is 0 Å². The van der Waals surface area contributed by atoms with Crippen molar-refractivity contribution in [2.24, 2.45) is 11.0 Å². The molecular weight excluding hydrogens is 426 g/mol. The van der Waals surface area contributed by atoms with Gasteiger partial charge in [0, 0.05) is 29.2 Å². The summed E-state index contributed by atoms with van der Waals surface area (Å²) in [4.78, 5) is 12.6. The van der Waals surface area contributed by atoms with Gasteiger partial charge in [0.1, 0.15) is 5.75 Å². The fourth-order valence-electron chi connectivity index (χ4n) is 3.23. The Kier molecular flexibility index (Phi) is 6.80. The number of sulfonamides is 1. The van der Waals surface area contributed by atoms with Gasteiger partial charge in [-0.2, -0.15) is 9.41 Å². The second-order valence-electron chi connectivity index (χ2n) is 7.41. The largest absolute Gasteiger partial charge is 0.507 e. The molecule has 2 N–H and O–H groups in total. The number of nitrogens with one attached hydrogen (secondary N) is 1. The lowest BCUT2D eigenvalue weighted by atomic mass is 10.0. The Morgan fingerprint density at radius 2 is 1.90 bits per heavy atom. The second-order valence-corrected chi connectivity index (χ2v) is 9.79. The van der Waals surface area contributed by atoms with Gasteiger partial charge in [-0.25, -0.2) is 13.8 Å². The fraction of sp³-hybridized carbons (Fsp3) is 0.333. The summed E-state index contributed by atoms with van der Waals surface area (Å²) in [7, 11) is -3.66. The molecule has 0 radical (unpaired) electrons. The molecule has 1 aliphatic heterocycles. The van der Waals surface area contributed by atoms with Gasteiger partial charge in [-0.05, 0) is 62.1 Å². The molecule has 1 fully saturated rings. The molecule has 160 valence electrons. The number of aromatic hydroxyl groups is 1. The Morgan fingerprint density at radius 3 is 2.60 bits per heavy atom. The van der Waals surface area contributed by atoms with Crippen LogP contribution in [0.1, 0.15) is 42.6 Å². The van der Waals surface area contributed by atoms with Crippen molar-refractivity contribution in [1.29, 1.82) is 0 Å². The summed E-state index contributed by atoms with van der Waals surface area (Å²) in [5.41, 5.74) is 3.31. The first-order valence-electron chi connectivity index (χ1n) is 9.62. The van der Waals surface area contributed by atoms with Crippen LogP contribution < -0.4 is 5.43 Å². The van der Waals surface area contributed by atoms with Crippen LogP contribution in [0.15, 0.2) is 52.5 Å². The number of carbonyl (C=O) groups is 1. The first-order chi connectivity index (χ1) is 14.2. The van der Waals surface area contributed by atoms with Gasteiger partial charge < -0.3 is 5.11 Å². The number of phenols is 1. The highest BCUT2D eigenvalue weighted by Crippen LogP contribution is 2.24. The SMILES string of the molecule is C/C(=N/NC(=O)c1cccc(S(=O)(=O)N2CCC(C)CC2)c1)c1cc(Cl)ccc1O. The molecule has 2 aromatic rings. The third-order valence-electron chi connectivity index (χ3n) is 5.15. The molecule has 0 aliphatic carbocycles. The molecule has 2 aromatic carbocycles. The summed E-state index contributed by atoms with van der Waals surface area (Å²) in [5, 5.41) is 14.4. The molecule has 9 heteroatoms. The van der Waals surface area contributed by atoms with Crippen LogP contribution in [0, 0.1) is 5.92 Å². The van der Waals surface area contributed by atoms with Crippen LogP contribution in [0.3, 0.4) is 0 Å². The lowest BCUT2D eigenvalue weighted by Crippen LogP contribution is -2.38. The number of nitrogens with zero attached hydrogens (tertiary/aromatic N) is 2. The van der Waals surface area contributed by atoms with Crippen LogP contribution in [0.25, 0.3) is 0 Å². The van der Waals surface area contributed by atoms with E-state index in [1.165, 1.54) is 40.7 Å². The molecule has 1 amide bonds. The highest BCUT2D eigenvalue weighted by atomic mass is 35.5. The van der Waals surface area contributed by atoms with Gasteiger partial charge in [0.2, 0.25) is 10.0 Å². The minimum atomic E-state index is -3.66. The minimum Gasteiger partial charge on any atom is -0.507 e. The van der Waals surface area contributed by atoms with Crippen LogP contribution in [0.2, 0.25) is 5.02 Å². The quantitative estimate of drug-likeness (QED) is 0.537. The Balaban J connectivity index is 1.77. The van der Waals surface area contributed by atoms with Crippen molar-refractivity contribution < 1.29 is 18.3 Å². The zero-order valence-electron chi connectivity index (χ0n) is 16.8. The first-order valence-corrected chi connectivity index (χ1v) is 11.4. The lowest BCUT2D eigenvalue weighted by molar-refractivity contribution is 0.0954. The summed E-state index contributed by atoms with van der Waals surface area (Å²) < 4.78 is 27.3. The molecule has 0 atom stereocenters. The lowest BCUT2D eigenvalue weighted by Gasteiger charge is -2.29. The topological polar surface area (TPSA) is 99.1 Å². The van der Waals surface area contributed by atoms with E-state index in [0.717, 1.165) is 12.8 Å². The smallest absolute Gasteiger partial charge is 0.271 e. The molecule has 0 aromatic heterocycles. The zero-order chi connectivity index (χ0) is 21.9. The van der Waals surface area contributed by atoms with E-state index in [0.29, 0.717) is 35.3 Å². The van der Waals surface area contributed by atoms with E-state index in [2.05, 4.69) is 17.5 Å². The summed E-state index contributed by atoms with van der Waals surface area (Å²) in [5.74, 6) is -0.0624. The number of hydrazone groups is 1. The van der Waals surface area contributed by atoms with E-state index in [1.54, 1.807) is 13.0 Å². The van der Waals surface area contributed by atoms with Crippen molar-refractivity contribution in [1.82, 2.24) is 9.73 Å². The molecule has 1 heterocycles. The molecule has 0 unspecified atom stereocenters. The van der Waals surface area contributed by atoms with Crippen LogP contribution >= 0.6 is 11.6 Å². The van der Waals surface area contributed by atoms with Gasteiger partial charge in [-0.3, -0.25) is 4.79 Å². The van der Waals surface area contributed by atoms with E-state index in [9.17, 15) is 18.3 Å². The van der Waals surface area contributed by atoms with Crippen molar-refractivity contribution in [3.05, 3.63) is 58.6 Å². The Bertz CT molecular complexity index is 1080. The average molecular weight is 450 g/mol. The maximum Gasteiger partial charge on any atom is 0.271 e. The third kappa shape index (κ3) is 5.00. The second kappa shape index (κ2) is 9.16. The van der Waals surface area contributed by atoms with Gasteiger partial charge in [-0.1, -0.05) is 24.6 Å². The number of amides is 1. The van der Waals surface area contributed by atoms with Gasteiger partial charge in [0.15, 0.2) is 0 Å². The van der Waals surface area contributed by atoms with Crippen molar-refractivity contribution in [3.63, 3.8) is 0 Å². The van der Waals surface area contributed by atoms with E-state index in [1.807, 2.05) is 0 Å². The predicted octanol–water partition coefficient (Wildman–Crippen LogP) is 3.62. The maximum absolute atomic E-state index is 12.9. The average Bonchev–Trinajstić information content (AvgIpc) is 2.74. The number of rotatable bonds is 5. The number of hydrogen-bond donors (Lipinski definition) is 2. The molecule has 0 spiro atoms. The van der Waals surface area contributed by atoms with Crippen LogP contribution in [-0.2, 0) is 10.0 Å². The minimum absolute atomic E-state index is 0.0150. The fourth-order valence-corrected chi connectivity index (χ4v) is 4.92. The highest BCUT2D eigenvalue weighted by molar-refractivity contribution is 7.89. The van der Waals surface area contributed by atoms with E-state index in [-0.39, 0.29) is 16.2 Å². The van der Waals surface area contributed by atoms with Gasteiger partial charge in [0.25, 0.3) is 5.91 Å². The maximum atomic E-state index is 12.9. The highest BCUT2D eigenvalue weighted by Gasteiger charge is 2.28. The van der Waals surface area contributed by atoms with Crippen molar-refractivity contribution in [2.45, 2.75) is 31.6 Å². The molecular formula is C21H24ClN3O4S. The van der Waals surface area contributed by atoms with Crippen LogP contribution in [-0.4, -0.2) is 42.5 Å². The summed E-state index contributed by atoms with van der Waals surface area (Å²) in [6.07, 6.45) is 1.65. The molecule has 1 saturated heterocycles. The van der Waals surface area contributed by atoms with E-state index >= 15 is 0 Å². The number of hydrogen-bond acceptors (Lipinski definition) is 5. The van der Waals surface area contributed by atoms with Gasteiger partial charge in [0.05, 0.1) is 10.6 Å². The molecule has 30 heavy (non-hydrogen) atoms. The van der Waals surface area contributed by atoms with Crippen molar-refractivity contribution in [2.75, 3.05) is 13.1 Å². The molecule has 1 aliphatic rings. The standard InChI is InChI=1S/C21H24ClN3O4S/c1-14-8-10-25(11-9-14)30(28,29)18-5-3-4-16(12-18)21(27)24-23-15(2)19-13-17(22)6-7-20(19)26/h3-7,12-14,26H,8-11H2,1-2H3,(H,24,27)/b23-15-. The Morgan fingerprint density at radius 1 is 1.20 bits per heavy atom. The zero-order valence-corrected chi connectivity index (χ0v) is 18.4. The molecule has 3 rings (SSSR count). The van der Waals surface area contributed by atoms with Gasteiger partial charge >= 0.3 is 0 Å². The van der Waals surface area contributed by atoms with Crippen molar-refractivity contribution in [3.8, 4) is 5.75 Å². The van der Waals surface area contributed by atoms with Crippen molar-refractivity contribution >= 4 is 33.2 Å². The molecule has 0 saturated carbocycles. The monoisotopic (exact) mass is 449 g/mol. The molecule has 0 bridgehead atoms. The van der Waals surface area contributed by atoms with Crippen LogP contribution in [0.5, 0.6) is 5.75 Å². The Hall–Kier alpha value is -2.42. The summed E-state index contributed by atoms with van der Waals surface area (Å²) in [6, 6.07) is 10.4. The molecule has 7 nitrogen and oxygen atoms in total. The normalized spacial score (nSPS) is 16.4.